The molecule has 1 aromatic heterocycles. The van der Waals surface area contributed by atoms with Crippen LogP contribution in [0.15, 0.2) is 16.5 Å². The molecule has 0 bridgehead atoms. The van der Waals surface area contributed by atoms with Gasteiger partial charge in [0.1, 0.15) is 18.1 Å². The monoisotopic (exact) mass is 253 g/mol. The first kappa shape index (κ1) is 14.8. The highest BCUT2D eigenvalue weighted by Gasteiger charge is 2.18. The van der Waals surface area contributed by atoms with Crippen molar-refractivity contribution in [2.75, 3.05) is 13.2 Å². The van der Waals surface area contributed by atoms with Gasteiger partial charge in [-0.05, 0) is 39.3 Å². The molecule has 0 aliphatic rings. The number of aryl methyl sites for hydroxylation is 1. The fourth-order valence-electron chi connectivity index (χ4n) is 1.68. The predicted molar refractivity (Wildman–Crippen MR) is 70.2 cm³/mol. The first-order valence-corrected chi connectivity index (χ1v) is 6.47. The van der Waals surface area contributed by atoms with Crippen molar-refractivity contribution < 1.29 is 13.9 Å². The lowest BCUT2D eigenvalue weighted by Crippen LogP contribution is -2.38. The summed E-state index contributed by atoms with van der Waals surface area (Å²) in [6.45, 7) is 9.18. The van der Waals surface area contributed by atoms with Crippen molar-refractivity contribution in [2.24, 2.45) is 0 Å². The molecular formula is C14H23NO3. The van der Waals surface area contributed by atoms with Gasteiger partial charge < -0.3 is 14.1 Å². The molecule has 1 rings (SSSR count). The van der Waals surface area contributed by atoms with E-state index in [9.17, 15) is 4.79 Å². The number of ether oxygens (including phenoxy) is 1. The van der Waals surface area contributed by atoms with Gasteiger partial charge in [-0.3, -0.25) is 4.79 Å². The molecular weight excluding hydrogens is 230 g/mol. The van der Waals surface area contributed by atoms with Crippen molar-refractivity contribution in [3.8, 4) is 0 Å². The fourth-order valence-corrected chi connectivity index (χ4v) is 1.68. The van der Waals surface area contributed by atoms with Gasteiger partial charge >= 0.3 is 0 Å². The van der Waals surface area contributed by atoms with E-state index in [0.29, 0.717) is 13.2 Å². The maximum Gasteiger partial charge on any atom is 0.249 e. The van der Waals surface area contributed by atoms with Crippen LogP contribution in [0.2, 0.25) is 0 Å². The first-order chi connectivity index (χ1) is 8.54. The van der Waals surface area contributed by atoms with Gasteiger partial charge in [-0.1, -0.05) is 6.92 Å². The molecule has 0 aliphatic carbocycles. The van der Waals surface area contributed by atoms with Crippen LogP contribution in [0.1, 0.15) is 38.7 Å². The van der Waals surface area contributed by atoms with Gasteiger partial charge in [0, 0.05) is 12.6 Å². The molecule has 1 aromatic rings. The minimum Gasteiger partial charge on any atom is -0.464 e. The average molecular weight is 253 g/mol. The number of amides is 1. The average Bonchev–Trinajstić information content (AvgIpc) is 2.71. The number of rotatable bonds is 7. The minimum atomic E-state index is 0.00695. The van der Waals surface area contributed by atoms with E-state index in [4.69, 9.17) is 9.15 Å². The Balaban J connectivity index is 2.56. The third-order valence-electron chi connectivity index (χ3n) is 2.64. The Labute approximate surface area is 109 Å². The highest BCUT2D eigenvalue weighted by molar-refractivity contribution is 5.77. The van der Waals surface area contributed by atoms with Crippen LogP contribution in [-0.2, 0) is 16.1 Å². The van der Waals surface area contributed by atoms with Gasteiger partial charge in [-0.2, -0.15) is 0 Å². The van der Waals surface area contributed by atoms with Crippen LogP contribution in [0.3, 0.4) is 0 Å². The van der Waals surface area contributed by atoms with Crippen LogP contribution in [-0.4, -0.2) is 30.1 Å². The summed E-state index contributed by atoms with van der Waals surface area (Å²) in [5.74, 6) is 1.68. The molecule has 1 heterocycles. The van der Waals surface area contributed by atoms with Crippen LogP contribution < -0.4 is 0 Å². The molecule has 0 radical (unpaired) electrons. The summed E-state index contributed by atoms with van der Waals surface area (Å²) in [4.78, 5) is 13.8. The number of nitrogens with zero attached hydrogens (tertiary/aromatic N) is 1. The smallest absolute Gasteiger partial charge is 0.249 e. The van der Waals surface area contributed by atoms with Crippen molar-refractivity contribution in [1.82, 2.24) is 4.90 Å². The fraction of sp³-hybridized carbons (Fsp3) is 0.643. The van der Waals surface area contributed by atoms with Crippen molar-refractivity contribution in [2.45, 2.75) is 46.7 Å². The lowest BCUT2D eigenvalue weighted by Gasteiger charge is -2.25. The molecule has 18 heavy (non-hydrogen) atoms. The maximum absolute atomic E-state index is 12.0. The lowest BCUT2D eigenvalue weighted by atomic mass is 10.3. The Kier molecular flexibility index (Phi) is 5.92. The van der Waals surface area contributed by atoms with Gasteiger partial charge in [-0.25, -0.2) is 0 Å². The minimum absolute atomic E-state index is 0.00695. The second kappa shape index (κ2) is 7.21. The lowest BCUT2D eigenvalue weighted by molar-refractivity contribution is -0.138. The summed E-state index contributed by atoms with van der Waals surface area (Å²) in [6, 6.07) is 3.95. The van der Waals surface area contributed by atoms with Crippen LogP contribution in [0.5, 0.6) is 0 Å². The van der Waals surface area contributed by atoms with E-state index in [1.807, 2.05) is 39.8 Å². The first-order valence-electron chi connectivity index (χ1n) is 6.47. The van der Waals surface area contributed by atoms with E-state index >= 15 is 0 Å². The van der Waals surface area contributed by atoms with Gasteiger partial charge in [0.05, 0.1) is 6.54 Å². The third-order valence-corrected chi connectivity index (χ3v) is 2.64. The topological polar surface area (TPSA) is 42.7 Å². The van der Waals surface area contributed by atoms with E-state index in [1.54, 1.807) is 4.90 Å². The Morgan fingerprint density at radius 3 is 2.67 bits per heavy atom. The zero-order chi connectivity index (χ0) is 13.5. The summed E-state index contributed by atoms with van der Waals surface area (Å²) in [6.07, 6.45) is 0.923. The Bertz CT molecular complexity index is 371. The summed E-state index contributed by atoms with van der Waals surface area (Å²) >= 11 is 0. The van der Waals surface area contributed by atoms with E-state index < -0.39 is 0 Å². The molecule has 0 unspecified atom stereocenters. The van der Waals surface area contributed by atoms with Crippen LogP contribution >= 0.6 is 0 Å². The summed E-state index contributed by atoms with van der Waals surface area (Å²) < 4.78 is 10.8. The van der Waals surface area contributed by atoms with Gasteiger partial charge in [0.2, 0.25) is 5.91 Å². The quantitative estimate of drug-likeness (QED) is 0.702. The van der Waals surface area contributed by atoms with Crippen molar-refractivity contribution in [1.29, 1.82) is 0 Å². The third kappa shape index (κ3) is 4.53. The number of carbonyl (C=O) groups excluding carboxylic acids is 1. The van der Waals surface area contributed by atoms with Crippen LogP contribution in [0.25, 0.3) is 0 Å². The molecule has 102 valence electrons. The van der Waals surface area contributed by atoms with Crippen molar-refractivity contribution >= 4 is 5.91 Å². The zero-order valence-electron chi connectivity index (χ0n) is 11.7. The summed E-state index contributed by atoms with van der Waals surface area (Å²) in [7, 11) is 0. The number of hydrogen-bond donors (Lipinski definition) is 0. The molecule has 0 saturated carbocycles. The second-order valence-corrected chi connectivity index (χ2v) is 4.68. The van der Waals surface area contributed by atoms with E-state index in [-0.39, 0.29) is 18.6 Å². The molecule has 0 aliphatic heterocycles. The maximum atomic E-state index is 12.0. The molecule has 4 nitrogen and oxygen atoms in total. The molecule has 0 N–H and O–H groups in total. The predicted octanol–water partition coefficient (Wildman–Crippen LogP) is 2.75. The summed E-state index contributed by atoms with van der Waals surface area (Å²) in [5, 5.41) is 0. The normalized spacial score (nSPS) is 10.9. The van der Waals surface area contributed by atoms with E-state index in [1.165, 1.54) is 0 Å². The molecule has 0 saturated heterocycles. The van der Waals surface area contributed by atoms with E-state index in [0.717, 1.165) is 17.9 Å². The Morgan fingerprint density at radius 2 is 2.17 bits per heavy atom. The Morgan fingerprint density at radius 1 is 1.44 bits per heavy atom. The number of carbonyl (C=O) groups is 1. The van der Waals surface area contributed by atoms with Crippen molar-refractivity contribution in [3.63, 3.8) is 0 Å². The Hall–Kier alpha value is -1.29. The molecule has 0 atom stereocenters. The number of furan rings is 1. The van der Waals surface area contributed by atoms with Crippen molar-refractivity contribution in [3.05, 3.63) is 23.7 Å². The van der Waals surface area contributed by atoms with E-state index in [2.05, 4.69) is 0 Å². The number of hydrogen-bond acceptors (Lipinski definition) is 3. The SMILES string of the molecule is CCCOCC(=O)N(Cc1ccc(C)o1)C(C)C. The molecule has 1 amide bonds. The van der Waals surface area contributed by atoms with Crippen LogP contribution in [0.4, 0.5) is 0 Å². The standard InChI is InChI=1S/C14H23NO3/c1-5-8-17-10-14(16)15(11(2)3)9-13-7-6-12(4)18-13/h6-7,11H,5,8-10H2,1-4H3. The summed E-state index contributed by atoms with van der Waals surface area (Å²) in [5.41, 5.74) is 0. The molecule has 0 spiro atoms. The molecule has 0 fully saturated rings. The molecule has 0 aromatic carbocycles. The molecule has 4 heteroatoms. The van der Waals surface area contributed by atoms with Gasteiger partial charge in [0.15, 0.2) is 0 Å². The van der Waals surface area contributed by atoms with Gasteiger partial charge in [-0.15, -0.1) is 0 Å². The van der Waals surface area contributed by atoms with Gasteiger partial charge in [0.25, 0.3) is 0 Å². The highest BCUT2D eigenvalue weighted by Crippen LogP contribution is 2.12. The largest absolute Gasteiger partial charge is 0.464 e. The highest BCUT2D eigenvalue weighted by atomic mass is 16.5. The second-order valence-electron chi connectivity index (χ2n) is 4.68. The van der Waals surface area contributed by atoms with Crippen LogP contribution in [0, 0.1) is 6.92 Å². The zero-order valence-corrected chi connectivity index (χ0v) is 11.7.